The summed E-state index contributed by atoms with van der Waals surface area (Å²) in [5.41, 5.74) is 6.25. The molecule has 1 aliphatic heterocycles. The second kappa shape index (κ2) is 7.45. The topological polar surface area (TPSA) is 130 Å². The number of imide groups is 1. The molecule has 0 radical (unpaired) electrons. The molecule has 9 nitrogen and oxygen atoms in total. The van der Waals surface area contributed by atoms with Crippen LogP contribution in [0.25, 0.3) is 5.69 Å². The van der Waals surface area contributed by atoms with E-state index in [4.69, 9.17) is 15.2 Å². The lowest BCUT2D eigenvalue weighted by Crippen LogP contribution is -2.24. The van der Waals surface area contributed by atoms with Crippen LogP contribution in [0.3, 0.4) is 0 Å². The number of methoxy groups -OCH3 is 2. The van der Waals surface area contributed by atoms with Crippen molar-refractivity contribution in [3.05, 3.63) is 81.1 Å². The van der Waals surface area contributed by atoms with E-state index in [1.165, 1.54) is 20.3 Å². The van der Waals surface area contributed by atoms with Gasteiger partial charge in [-0.15, -0.1) is 0 Å². The first-order chi connectivity index (χ1) is 14.8. The number of carbonyl (C=O) groups is 3. The number of aromatic nitrogens is 1. The van der Waals surface area contributed by atoms with Crippen LogP contribution in [0.2, 0.25) is 0 Å². The van der Waals surface area contributed by atoms with Crippen LogP contribution in [0.15, 0.2) is 53.3 Å². The van der Waals surface area contributed by atoms with Gasteiger partial charge in [0.25, 0.3) is 17.4 Å². The Morgan fingerprint density at radius 3 is 2.32 bits per heavy atom. The number of hydrogen-bond donors (Lipinski definition) is 2. The Morgan fingerprint density at radius 1 is 0.903 bits per heavy atom. The lowest BCUT2D eigenvalue weighted by molar-refractivity contribution is 0.0879. The number of hydrogen-bond acceptors (Lipinski definition) is 7. The van der Waals surface area contributed by atoms with Gasteiger partial charge in [-0.05, 0) is 30.3 Å². The van der Waals surface area contributed by atoms with Crippen LogP contribution in [-0.4, -0.2) is 36.4 Å². The van der Waals surface area contributed by atoms with E-state index in [1.54, 1.807) is 36.4 Å². The van der Waals surface area contributed by atoms with Crippen molar-refractivity contribution in [2.45, 2.75) is 0 Å². The molecule has 4 rings (SSSR count). The van der Waals surface area contributed by atoms with E-state index in [0.29, 0.717) is 17.1 Å². The van der Waals surface area contributed by atoms with Gasteiger partial charge < -0.3 is 15.2 Å². The fraction of sp³-hybridized carbons (Fsp3) is 0.0909. The molecule has 2 aromatic carbocycles. The second-order valence-electron chi connectivity index (χ2n) is 6.72. The monoisotopic (exact) mass is 419 g/mol. The van der Waals surface area contributed by atoms with E-state index >= 15 is 0 Å². The SMILES string of the molecule is COc1ccc(C(=O)c2cccc(-n3c(N)c4c(cc3=O)C(=O)NC4=O)c2)cc1OC. The molecule has 156 valence electrons. The van der Waals surface area contributed by atoms with Gasteiger partial charge in [-0.1, -0.05) is 12.1 Å². The molecule has 0 aliphatic carbocycles. The van der Waals surface area contributed by atoms with Crippen LogP contribution in [0, 0.1) is 0 Å². The predicted molar refractivity (Wildman–Crippen MR) is 111 cm³/mol. The normalized spacial score (nSPS) is 12.3. The first-order valence-corrected chi connectivity index (χ1v) is 9.14. The molecule has 2 heterocycles. The molecule has 0 spiro atoms. The molecule has 0 bridgehead atoms. The molecular formula is C22H17N3O6. The summed E-state index contributed by atoms with van der Waals surface area (Å²) in [6, 6.07) is 12.1. The molecule has 1 aliphatic rings. The zero-order valence-electron chi connectivity index (χ0n) is 16.6. The number of nitrogens with zero attached hydrogens (tertiary/aromatic N) is 1. The van der Waals surface area contributed by atoms with Crippen LogP contribution in [0.1, 0.15) is 36.6 Å². The Balaban J connectivity index is 1.80. The summed E-state index contributed by atoms with van der Waals surface area (Å²) in [5, 5.41) is 2.11. The summed E-state index contributed by atoms with van der Waals surface area (Å²) < 4.78 is 11.5. The number of anilines is 1. The van der Waals surface area contributed by atoms with Crippen LogP contribution in [0.4, 0.5) is 5.82 Å². The highest BCUT2D eigenvalue weighted by Crippen LogP contribution is 2.29. The van der Waals surface area contributed by atoms with Crippen molar-refractivity contribution in [2.24, 2.45) is 0 Å². The van der Waals surface area contributed by atoms with Gasteiger partial charge >= 0.3 is 0 Å². The maximum absolute atomic E-state index is 13.0. The number of nitrogen functional groups attached to an aromatic ring is 1. The summed E-state index contributed by atoms with van der Waals surface area (Å²) in [5.74, 6) is -0.959. The summed E-state index contributed by atoms with van der Waals surface area (Å²) in [7, 11) is 2.96. The van der Waals surface area contributed by atoms with Gasteiger partial charge in [0.05, 0.1) is 31.0 Å². The van der Waals surface area contributed by atoms with Crippen molar-refractivity contribution in [3.63, 3.8) is 0 Å². The standard InChI is InChI=1S/C22H17N3O6/c1-30-15-7-6-12(9-16(15)31-2)19(27)11-4-3-5-13(8-11)25-17(26)10-14-18(20(25)23)22(29)24-21(14)28/h3-10H,23H2,1-2H3,(H,24,28,29). The lowest BCUT2D eigenvalue weighted by atomic mass is 10.0. The van der Waals surface area contributed by atoms with Crippen molar-refractivity contribution in [2.75, 3.05) is 20.0 Å². The van der Waals surface area contributed by atoms with Gasteiger partial charge in [-0.2, -0.15) is 0 Å². The minimum absolute atomic E-state index is 0.0682. The Hall–Kier alpha value is -4.40. The van der Waals surface area contributed by atoms with E-state index in [1.807, 2.05) is 0 Å². The first-order valence-electron chi connectivity index (χ1n) is 9.14. The highest BCUT2D eigenvalue weighted by atomic mass is 16.5. The van der Waals surface area contributed by atoms with Crippen molar-refractivity contribution >= 4 is 23.4 Å². The second-order valence-corrected chi connectivity index (χ2v) is 6.72. The van der Waals surface area contributed by atoms with Crippen molar-refractivity contribution in [3.8, 4) is 17.2 Å². The van der Waals surface area contributed by atoms with Crippen LogP contribution in [0.5, 0.6) is 11.5 Å². The Kier molecular flexibility index (Phi) is 4.78. The number of fused-ring (bicyclic) bond motifs is 1. The largest absolute Gasteiger partial charge is 0.493 e. The average Bonchev–Trinajstić information content (AvgIpc) is 3.06. The number of ether oxygens (including phenoxy) is 2. The Morgan fingerprint density at radius 2 is 1.61 bits per heavy atom. The van der Waals surface area contributed by atoms with Gasteiger partial charge in [0, 0.05) is 17.2 Å². The smallest absolute Gasteiger partial charge is 0.262 e. The molecule has 0 unspecified atom stereocenters. The molecule has 2 amide bonds. The van der Waals surface area contributed by atoms with Crippen LogP contribution >= 0.6 is 0 Å². The summed E-state index contributed by atoms with van der Waals surface area (Å²) in [6.45, 7) is 0. The molecule has 9 heteroatoms. The average molecular weight is 419 g/mol. The Labute approximate surface area is 176 Å². The first kappa shape index (κ1) is 19.9. The fourth-order valence-corrected chi connectivity index (χ4v) is 3.48. The predicted octanol–water partition coefficient (Wildman–Crippen LogP) is 1.55. The van der Waals surface area contributed by atoms with Crippen molar-refractivity contribution in [1.82, 2.24) is 9.88 Å². The van der Waals surface area contributed by atoms with Crippen molar-refractivity contribution in [1.29, 1.82) is 0 Å². The highest BCUT2D eigenvalue weighted by Gasteiger charge is 2.31. The number of carbonyl (C=O) groups excluding carboxylic acids is 3. The number of nitrogens with one attached hydrogen (secondary N) is 1. The van der Waals surface area contributed by atoms with Gasteiger partial charge in [-0.3, -0.25) is 29.1 Å². The molecule has 31 heavy (non-hydrogen) atoms. The van der Waals surface area contributed by atoms with Crippen LogP contribution in [-0.2, 0) is 0 Å². The molecule has 0 saturated carbocycles. The van der Waals surface area contributed by atoms with Crippen molar-refractivity contribution < 1.29 is 23.9 Å². The molecule has 3 aromatic rings. The molecule has 3 N–H and O–H groups in total. The van der Waals surface area contributed by atoms with E-state index in [-0.39, 0.29) is 34.0 Å². The van der Waals surface area contributed by atoms with Gasteiger partial charge in [0.15, 0.2) is 17.3 Å². The molecule has 0 fully saturated rings. The van der Waals surface area contributed by atoms with E-state index in [2.05, 4.69) is 5.32 Å². The van der Waals surface area contributed by atoms with Gasteiger partial charge in [0.2, 0.25) is 0 Å². The maximum Gasteiger partial charge on any atom is 0.262 e. The number of amides is 2. The van der Waals surface area contributed by atoms with Gasteiger partial charge in [-0.25, -0.2) is 0 Å². The maximum atomic E-state index is 13.0. The summed E-state index contributed by atoms with van der Waals surface area (Å²) >= 11 is 0. The number of benzene rings is 2. The Bertz CT molecular complexity index is 1330. The quantitative estimate of drug-likeness (QED) is 0.474. The van der Waals surface area contributed by atoms with Gasteiger partial charge in [0.1, 0.15) is 5.82 Å². The lowest BCUT2D eigenvalue weighted by Gasteiger charge is -2.13. The third-order valence-electron chi connectivity index (χ3n) is 4.97. The van der Waals surface area contributed by atoms with E-state index < -0.39 is 17.4 Å². The van der Waals surface area contributed by atoms with E-state index in [9.17, 15) is 19.2 Å². The molecule has 1 aromatic heterocycles. The highest BCUT2D eigenvalue weighted by molar-refractivity contribution is 6.23. The summed E-state index contributed by atoms with van der Waals surface area (Å²) in [4.78, 5) is 49.5. The molecule has 0 atom stereocenters. The zero-order chi connectivity index (χ0) is 22.3. The number of rotatable bonds is 5. The number of pyridine rings is 1. The van der Waals surface area contributed by atoms with Crippen LogP contribution < -0.4 is 26.1 Å². The number of ketones is 1. The third kappa shape index (κ3) is 3.21. The summed E-state index contributed by atoms with van der Waals surface area (Å²) in [6.07, 6.45) is 0. The molecular weight excluding hydrogens is 402 g/mol. The fourth-order valence-electron chi connectivity index (χ4n) is 3.48. The zero-order valence-corrected chi connectivity index (χ0v) is 16.6. The third-order valence-corrected chi connectivity index (χ3v) is 4.97. The molecule has 0 saturated heterocycles. The minimum atomic E-state index is -0.677. The number of nitrogens with two attached hydrogens (primary N) is 1. The van der Waals surface area contributed by atoms with E-state index in [0.717, 1.165) is 10.6 Å². The minimum Gasteiger partial charge on any atom is -0.493 e.